The Balaban J connectivity index is 1.41. The summed E-state index contributed by atoms with van der Waals surface area (Å²) in [4.78, 5) is 17.7. The van der Waals surface area contributed by atoms with Gasteiger partial charge in [0.2, 0.25) is 0 Å². The molecule has 0 saturated carbocycles. The highest BCUT2D eigenvalue weighted by Crippen LogP contribution is 2.41. The maximum absolute atomic E-state index is 13.8. The van der Waals surface area contributed by atoms with Crippen LogP contribution in [0.5, 0.6) is 0 Å². The van der Waals surface area contributed by atoms with Crippen LogP contribution in [0.3, 0.4) is 0 Å². The molecule has 0 N–H and O–H groups in total. The van der Waals surface area contributed by atoms with Crippen molar-refractivity contribution in [3.05, 3.63) is 82.4 Å². The Hall–Kier alpha value is -3.82. The van der Waals surface area contributed by atoms with E-state index in [1.165, 1.54) is 16.8 Å². The number of anilines is 1. The minimum atomic E-state index is -0.294. The van der Waals surface area contributed by atoms with Crippen LogP contribution in [-0.2, 0) is 11.3 Å². The van der Waals surface area contributed by atoms with Gasteiger partial charge in [0.25, 0.3) is 5.56 Å². The van der Waals surface area contributed by atoms with Crippen molar-refractivity contribution in [1.82, 2.24) is 24.5 Å². The standard InChI is InChI=1S/C29H31FN6O2/c1-21-5-2-3-6-25(21)36-26(37)12-11-24(31-36)27-28(22-7-9-23(30)10-8-22)32-35-16-15-34(29(27)35)14-4-13-33-17-19-38-20-18-33/h2-3,5-12H,4,13-20H2,1H3. The topological polar surface area (TPSA) is 68.4 Å². The number of rotatable bonds is 7. The van der Waals surface area contributed by atoms with E-state index in [9.17, 15) is 9.18 Å². The predicted molar refractivity (Wildman–Crippen MR) is 145 cm³/mol. The molecule has 1 saturated heterocycles. The highest BCUT2D eigenvalue weighted by molar-refractivity contribution is 5.88. The summed E-state index contributed by atoms with van der Waals surface area (Å²) in [6, 6.07) is 17.4. The third kappa shape index (κ3) is 4.75. The lowest BCUT2D eigenvalue weighted by molar-refractivity contribution is 0.0376. The number of aryl methyl sites for hydroxylation is 1. The molecule has 2 aliphatic rings. The summed E-state index contributed by atoms with van der Waals surface area (Å²) in [5.41, 5.74) is 4.58. The first kappa shape index (κ1) is 24.5. The molecule has 0 radical (unpaired) electrons. The summed E-state index contributed by atoms with van der Waals surface area (Å²) in [6.07, 6.45) is 1.02. The van der Waals surface area contributed by atoms with E-state index < -0.39 is 0 Å². The fraction of sp³-hybridized carbons (Fsp3) is 0.345. The van der Waals surface area contributed by atoms with E-state index in [1.807, 2.05) is 35.9 Å². The van der Waals surface area contributed by atoms with Crippen LogP contribution < -0.4 is 10.5 Å². The van der Waals surface area contributed by atoms with Gasteiger partial charge in [0.15, 0.2) is 0 Å². The average molecular weight is 515 g/mol. The van der Waals surface area contributed by atoms with Crippen molar-refractivity contribution in [2.24, 2.45) is 0 Å². The predicted octanol–water partition coefficient (Wildman–Crippen LogP) is 3.75. The van der Waals surface area contributed by atoms with Gasteiger partial charge < -0.3 is 9.64 Å². The van der Waals surface area contributed by atoms with Crippen LogP contribution in [0.1, 0.15) is 12.0 Å². The van der Waals surface area contributed by atoms with Crippen LogP contribution in [0.2, 0.25) is 0 Å². The van der Waals surface area contributed by atoms with Gasteiger partial charge in [-0.15, -0.1) is 0 Å². The first-order chi connectivity index (χ1) is 18.6. The largest absolute Gasteiger partial charge is 0.379 e. The van der Waals surface area contributed by atoms with Crippen LogP contribution in [0.25, 0.3) is 28.2 Å². The third-order valence-corrected chi connectivity index (χ3v) is 7.33. The average Bonchev–Trinajstić information content (AvgIpc) is 3.50. The van der Waals surface area contributed by atoms with Gasteiger partial charge in [-0.05, 0) is 55.3 Å². The Morgan fingerprint density at radius 1 is 0.895 bits per heavy atom. The van der Waals surface area contributed by atoms with Crippen molar-refractivity contribution in [2.45, 2.75) is 19.9 Å². The van der Waals surface area contributed by atoms with Crippen molar-refractivity contribution in [2.75, 3.05) is 50.8 Å². The van der Waals surface area contributed by atoms with E-state index in [4.69, 9.17) is 14.9 Å². The number of hydrogen-bond acceptors (Lipinski definition) is 6. The van der Waals surface area contributed by atoms with Crippen LogP contribution in [0, 0.1) is 12.7 Å². The van der Waals surface area contributed by atoms with E-state index in [1.54, 1.807) is 24.3 Å². The number of benzene rings is 2. The molecule has 0 amide bonds. The van der Waals surface area contributed by atoms with Gasteiger partial charge in [0.1, 0.15) is 17.3 Å². The van der Waals surface area contributed by atoms with Gasteiger partial charge in [-0.1, -0.05) is 18.2 Å². The molecule has 2 aromatic carbocycles. The molecule has 1 fully saturated rings. The first-order valence-electron chi connectivity index (χ1n) is 13.2. The number of ether oxygens (including phenoxy) is 1. The fourth-order valence-corrected chi connectivity index (χ4v) is 5.34. The maximum Gasteiger partial charge on any atom is 0.271 e. The normalized spacial score (nSPS) is 15.7. The minimum absolute atomic E-state index is 0.197. The maximum atomic E-state index is 13.8. The molecule has 8 nitrogen and oxygen atoms in total. The zero-order valence-corrected chi connectivity index (χ0v) is 21.5. The molecule has 2 aromatic heterocycles. The molecule has 9 heteroatoms. The molecular weight excluding hydrogens is 483 g/mol. The Bertz CT molecular complexity index is 1490. The lowest BCUT2D eigenvalue weighted by Crippen LogP contribution is -2.38. The second-order valence-corrected chi connectivity index (χ2v) is 9.83. The molecular formula is C29H31FN6O2. The Labute approximate surface area is 220 Å². The van der Waals surface area contributed by atoms with Crippen LogP contribution >= 0.6 is 0 Å². The summed E-state index contributed by atoms with van der Waals surface area (Å²) >= 11 is 0. The molecule has 38 heavy (non-hydrogen) atoms. The van der Waals surface area contributed by atoms with Crippen LogP contribution in [0.4, 0.5) is 10.2 Å². The van der Waals surface area contributed by atoms with E-state index in [2.05, 4.69) is 9.80 Å². The molecule has 4 heterocycles. The van der Waals surface area contributed by atoms with Gasteiger partial charge >= 0.3 is 0 Å². The van der Waals surface area contributed by atoms with Crippen LogP contribution in [-0.4, -0.2) is 70.4 Å². The summed E-state index contributed by atoms with van der Waals surface area (Å²) < 4.78 is 22.7. The van der Waals surface area contributed by atoms with Gasteiger partial charge in [-0.3, -0.25) is 9.69 Å². The van der Waals surface area contributed by atoms with Gasteiger partial charge in [0.05, 0.1) is 36.7 Å². The Morgan fingerprint density at radius 2 is 1.68 bits per heavy atom. The van der Waals surface area contributed by atoms with Gasteiger partial charge in [-0.25, -0.2) is 9.07 Å². The van der Waals surface area contributed by atoms with E-state index in [-0.39, 0.29) is 11.4 Å². The number of halogens is 1. The highest BCUT2D eigenvalue weighted by atomic mass is 19.1. The SMILES string of the molecule is Cc1ccccc1-n1nc(-c2c(-c3ccc(F)cc3)nn3c2N(CCCN2CCOCC2)CC3)ccc1=O. The van der Waals surface area contributed by atoms with E-state index in [0.29, 0.717) is 5.69 Å². The highest BCUT2D eigenvalue weighted by Gasteiger charge is 2.30. The fourth-order valence-electron chi connectivity index (χ4n) is 5.34. The number of hydrogen-bond donors (Lipinski definition) is 0. The van der Waals surface area contributed by atoms with E-state index >= 15 is 0 Å². The zero-order chi connectivity index (χ0) is 26.1. The second-order valence-electron chi connectivity index (χ2n) is 9.83. The number of fused-ring (bicyclic) bond motifs is 1. The number of morpholine rings is 1. The van der Waals surface area contributed by atoms with Crippen molar-refractivity contribution in [3.63, 3.8) is 0 Å². The van der Waals surface area contributed by atoms with Gasteiger partial charge in [-0.2, -0.15) is 14.9 Å². The molecule has 0 atom stereocenters. The molecule has 0 unspecified atom stereocenters. The van der Waals surface area contributed by atoms with Crippen molar-refractivity contribution in [1.29, 1.82) is 0 Å². The number of aromatic nitrogens is 4. The quantitative estimate of drug-likeness (QED) is 0.374. The number of para-hydroxylation sites is 1. The van der Waals surface area contributed by atoms with Crippen molar-refractivity contribution >= 4 is 5.82 Å². The molecule has 0 aliphatic carbocycles. The molecule has 0 spiro atoms. The minimum Gasteiger partial charge on any atom is -0.379 e. The number of nitrogens with zero attached hydrogens (tertiary/aromatic N) is 6. The zero-order valence-electron chi connectivity index (χ0n) is 21.5. The second kappa shape index (κ2) is 10.5. The van der Waals surface area contributed by atoms with Crippen molar-refractivity contribution < 1.29 is 9.13 Å². The van der Waals surface area contributed by atoms with Crippen LogP contribution in [0.15, 0.2) is 65.5 Å². The summed E-state index contributed by atoms with van der Waals surface area (Å²) in [5, 5.41) is 9.80. The smallest absolute Gasteiger partial charge is 0.271 e. The van der Waals surface area contributed by atoms with Gasteiger partial charge in [0, 0.05) is 44.4 Å². The lowest BCUT2D eigenvalue weighted by Gasteiger charge is -2.27. The van der Waals surface area contributed by atoms with Crippen molar-refractivity contribution in [3.8, 4) is 28.2 Å². The summed E-state index contributed by atoms with van der Waals surface area (Å²) in [7, 11) is 0. The summed E-state index contributed by atoms with van der Waals surface area (Å²) in [6.45, 7) is 9.03. The molecule has 0 bridgehead atoms. The van der Waals surface area contributed by atoms with E-state index in [0.717, 1.165) is 92.8 Å². The molecule has 2 aliphatic heterocycles. The molecule has 6 rings (SSSR count). The summed E-state index contributed by atoms with van der Waals surface area (Å²) in [5.74, 6) is 0.701. The first-order valence-corrected chi connectivity index (χ1v) is 13.2. The third-order valence-electron chi connectivity index (χ3n) is 7.33. The Kier molecular flexibility index (Phi) is 6.78. The Morgan fingerprint density at radius 3 is 2.47 bits per heavy atom. The lowest BCUT2D eigenvalue weighted by atomic mass is 10.0. The molecule has 4 aromatic rings. The monoisotopic (exact) mass is 514 g/mol. The molecule has 196 valence electrons.